The lowest BCUT2D eigenvalue weighted by Crippen LogP contribution is -2.34. The lowest BCUT2D eigenvalue weighted by atomic mass is 10.0. The highest BCUT2D eigenvalue weighted by atomic mass is 16.3. The van der Waals surface area contributed by atoms with Crippen LogP contribution in [0.4, 0.5) is 11.5 Å². The molecule has 0 unspecified atom stereocenters. The Morgan fingerprint density at radius 3 is 2.77 bits per heavy atom. The molecule has 1 atom stereocenters. The molecule has 1 aromatic carbocycles. The molecule has 1 saturated heterocycles. The molecule has 3 N–H and O–H groups in total. The van der Waals surface area contributed by atoms with Gasteiger partial charge >= 0.3 is 0 Å². The van der Waals surface area contributed by atoms with Gasteiger partial charge in [0.25, 0.3) is 0 Å². The normalized spacial score (nSPS) is 18.1. The number of phenols is 1. The second kappa shape index (κ2) is 5.83. The standard InChI is InChI=1S/C17H22N4O/c1-11(2)14-7-5-9-21(14)15-10-13(19-20-17(15)18)12-6-3-4-8-16(12)22/h3-4,6,8,10-11,14,22H,5,7,9H2,1-2H3,(H2,18,20)/t14-/m1/s1. The van der Waals surface area contributed by atoms with Gasteiger partial charge in [-0.1, -0.05) is 26.0 Å². The maximum atomic E-state index is 10.0. The van der Waals surface area contributed by atoms with Crippen LogP contribution in [0.15, 0.2) is 30.3 Å². The molecule has 2 heterocycles. The summed E-state index contributed by atoms with van der Waals surface area (Å²) in [7, 11) is 0. The highest BCUT2D eigenvalue weighted by molar-refractivity contribution is 5.74. The fraction of sp³-hybridized carbons (Fsp3) is 0.412. The van der Waals surface area contributed by atoms with Crippen LogP contribution in [-0.2, 0) is 0 Å². The average molecular weight is 298 g/mol. The van der Waals surface area contributed by atoms with Crippen molar-refractivity contribution in [1.29, 1.82) is 0 Å². The van der Waals surface area contributed by atoms with Crippen molar-refractivity contribution in [3.05, 3.63) is 30.3 Å². The first-order valence-electron chi connectivity index (χ1n) is 7.76. The van der Waals surface area contributed by atoms with Crippen molar-refractivity contribution in [2.24, 2.45) is 5.92 Å². The zero-order valence-electron chi connectivity index (χ0n) is 13.0. The summed E-state index contributed by atoms with van der Waals surface area (Å²) in [5, 5.41) is 18.3. The van der Waals surface area contributed by atoms with Crippen LogP contribution in [-0.4, -0.2) is 27.9 Å². The monoisotopic (exact) mass is 298 g/mol. The Hall–Kier alpha value is -2.30. The molecule has 0 amide bonds. The number of hydrogen-bond donors (Lipinski definition) is 2. The van der Waals surface area contributed by atoms with Gasteiger partial charge in [-0.05, 0) is 37.0 Å². The van der Waals surface area contributed by atoms with Crippen molar-refractivity contribution in [3.8, 4) is 17.0 Å². The van der Waals surface area contributed by atoms with Gasteiger partial charge in [0, 0.05) is 18.2 Å². The minimum absolute atomic E-state index is 0.203. The predicted octanol–water partition coefficient (Wildman–Crippen LogP) is 3.06. The van der Waals surface area contributed by atoms with E-state index in [1.807, 2.05) is 18.2 Å². The quantitative estimate of drug-likeness (QED) is 0.911. The number of para-hydroxylation sites is 1. The Bertz CT molecular complexity index is 671. The third-order valence-electron chi connectivity index (χ3n) is 4.36. The number of aromatic hydroxyl groups is 1. The van der Waals surface area contributed by atoms with E-state index in [-0.39, 0.29) is 5.75 Å². The van der Waals surface area contributed by atoms with Crippen molar-refractivity contribution in [1.82, 2.24) is 10.2 Å². The Morgan fingerprint density at radius 2 is 2.05 bits per heavy atom. The Kier molecular flexibility index (Phi) is 3.88. The molecule has 2 aromatic rings. The molecular formula is C17H22N4O. The Morgan fingerprint density at radius 1 is 1.27 bits per heavy atom. The number of hydrogen-bond acceptors (Lipinski definition) is 5. The highest BCUT2D eigenvalue weighted by Crippen LogP contribution is 2.35. The van der Waals surface area contributed by atoms with E-state index in [2.05, 4.69) is 28.9 Å². The van der Waals surface area contributed by atoms with Gasteiger partial charge in [-0.15, -0.1) is 10.2 Å². The Balaban J connectivity index is 2.02. The fourth-order valence-electron chi connectivity index (χ4n) is 3.23. The van der Waals surface area contributed by atoms with E-state index in [4.69, 9.17) is 5.73 Å². The highest BCUT2D eigenvalue weighted by Gasteiger charge is 2.29. The number of nitrogen functional groups attached to an aromatic ring is 1. The molecule has 0 radical (unpaired) electrons. The van der Waals surface area contributed by atoms with E-state index in [0.29, 0.717) is 29.0 Å². The van der Waals surface area contributed by atoms with Crippen LogP contribution in [0.5, 0.6) is 5.75 Å². The summed E-state index contributed by atoms with van der Waals surface area (Å²) in [6.07, 6.45) is 2.34. The van der Waals surface area contributed by atoms with Crippen molar-refractivity contribution in [3.63, 3.8) is 0 Å². The van der Waals surface area contributed by atoms with Crippen LogP contribution in [0.25, 0.3) is 11.3 Å². The lowest BCUT2D eigenvalue weighted by molar-refractivity contribution is 0.477. The second-order valence-electron chi connectivity index (χ2n) is 6.16. The molecule has 3 rings (SSSR count). The van der Waals surface area contributed by atoms with Crippen LogP contribution in [0.3, 0.4) is 0 Å². The zero-order valence-corrected chi connectivity index (χ0v) is 13.0. The van der Waals surface area contributed by atoms with Crippen LogP contribution >= 0.6 is 0 Å². The van der Waals surface area contributed by atoms with Gasteiger partial charge in [-0.3, -0.25) is 0 Å². The molecule has 1 aliphatic rings. The van der Waals surface area contributed by atoms with Crippen molar-refractivity contribution < 1.29 is 5.11 Å². The first-order chi connectivity index (χ1) is 10.6. The average Bonchev–Trinajstić information content (AvgIpc) is 2.98. The van der Waals surface area contributed by atoms with E-state index < -0.39 is 0 Å². The minimum atomic E-state index is 0.203. The van der Waals surface area contributed by atoms with Crippen LogP contribution in [0, 0.1) is 5.92 Å². The fourth-order valence-corrected chi connectivity index (χ4v) is 3.23. The first kappa shape index (κ1) is 14.6. The number of phenolic OH excluding ortho intramolecular Hbond substituents is 1. The third-order valence-corrected chi connectivity index (χ3v) is 4.36. The largest absolute Gasteiger partial charge is 0.507 e. The number of nitrogens with zero attached hydrogens (tertiary/aromatic N) is 3. The minimum Gasteiger partial charge on any atom is -0.507 e. The Labute approximate surface area is 130 Å². The van der Waals surface area contributed by atoms with E-state index in [1.54, 1.807) is 12.1 Å². The lowest BCUT2D eigenvalue weighted by Gasteiger charge is -2.30. The summed E-state index contributed by atoms with van der Waals surface area (Å²) in [5.74, 6) is 1.21. The van der Waals surface area contributed by atoms with Gasteiger partial charge in [0.1, 0.15) is 5.75 Å². The summed E-state index contributed by atoms with van der Waals surface area (Å²) < 4.78 is 0. The maximum Gasteiger partial charge on any atom is 0.169 e. The molecule has 0 spiro atoms. The number of benzene rings is 1. The van der Waals surface area contributed by atoms with Gasteiger partial charge in [-0.25, -0.2) is 0 Å². The number of rotatable bonds is 3. The van der Waals surface area contributed by atoms with Crippen LogP contribution in [0.1, 0.15) is 26.7 Å². The van der Waals surface area contributed by atoms with Crippen molar-refractivity contribution >= 4 is 11.5 Å². The first-order valence-corrected chi connectivity index (χ1v) is 7.76. The number of anilines is 2. The third kappa shape index (κ3) is 2.58. The van der Waals surface area contributed by atoms with Crippen LogP contribution < -0.4 is 10.6 Å². The predicted molar refractivity (Wildman–Crippen MR) is 88.8 cm³/mol. The van der Waals surface area contributed by atoms with Crippen molar-refractivity contribution in [2.75, 3.05) is 17.2 Å². The smallest absolute Gasteiger partial charge is 0.169 e. The molecule has 1 aromatic heterocycles. The molecule has 0 saturated carbocycles. The molecule has 116 valence electrons. The van der Waals surface area contributed by atoms with Gasteiger partial charge in [0.05, 0.1) is 11.4 Å². The zero-order chi connectivity index (χ0) is 15.7. The van der Waals surface area contributed by atoms with E-state index in [9.17, 15) is 5.11 Å². The summed E-state index contributed by atoms with van der Waals surface area (Å²) in [6.45, 7) is 5.45. The summed E-state index contributed by atoms with van der Waals surface area (Å²) in [6, 6.07) is 9.57. The molecule has 0 aliphatic carbocycles. The van der Waals surface area contributed by atoms with E-state index in [0.717, 1.165) is 18.7 Å². The SMILES string of the molecule is CC(C)[C@H]1CCCN1c1cc(-c2ccccc2O)nnc1N. The molecule has 1 aliphatic heterocycles. The molecule has 22 heavy (non-hydrogen) atoms. The molecule has 5 heteroatoms. The van der Waals surface area contributed by atoms with Gasteiger partial charge in [0.15, 0.2) is 5.82 Å². The topological polar surface area (TPSA) is 75.3 Å². The molecule has 0 bridgehead atoms. The van der Waals surface area contributed by atoms with Crippen LogP contribution in [0.2, 0.25) is 0 Å². The molecular weight excluding hydrogens is 276 g/mol. The number of nitrogens with two attached hydrogens (primary N) is 1. The van der Waals surface area contributed by atoms with Gasteiger partial charge < -0.3 is 15.7 Å². The summed E-state index contributed by atoms with van der Waals surface area (Å²) in [4.78, 5) is 2.33. The second-order valence-corrected chi connectivity index (χ2v) is 6.16. The summed E-state index contributed by atoms with van der Waals surface area (Å²) >= 11 is 0. The van der Waals surface area contributed by atoms with Crippen molar-refractivity contribution in [2.45, 2.75) is 32.7 Å². The van der Waals surface area contributed by atoms with Gasteiger partial charge in [0.2, 0.25) is 0 Å². The maximum absolute atomic E-state index is 10.0. The van der Waals surface area contributed by atoms with E-state index >= 15 is 0 Å². The van der Waals surface area contributed by atoms with E-state index in [1.165, 1.54) is 6.42 Å². The summed E-state index contributed by atoms with van der Waals surface area (Å²) in [5.41, 5.74) is 8.32. The molecule has 5 nitrogen and oxygen atoms in total. The molecule has 1 fully saturated rings. The van der Waals surface area contributed by atoms with Gasteiger partial charge in [-0.2, -0.15) is 0 Å². The number of aromatic nitrogens is 2.